The van der Waals surface area contributed by atoms with Gasteiger partial charge in [-0.25, -0.2) is 0 Å². The van der Waals surface area contributed by atoms with Crippen LogP contribution < -0.4 is 24.8 Å². The molecule has 2 N–H and O–H groups in total. The highest BCUT2D eigenvalue weighted by molar-refractivity contribution is 6.00. The minimum atomic E-state index is -0.528. The zero-order chi connectivity index (χ0) is 20.2. The van der Waals surface area contributed by atoms with Crippen LogP contribution in [0.2, 0.25) is 0 Å². The number of amides is 2. The molecular formula is C22H22N2O5. The lowest BCUT2D eigenvalue weighted by Gasteiger charge is -2.27. The largest absolute Gasteiger partial charge is 0.497 e. The van der Waals surface area contributed by atoms with E-state index < -0.39 is 6.10 Å². The van der Waals surface area contributed by atoms with Gasteiger partial charge in [-0.3, -0.25) is 9.59 Å². The molecule has 2 amide bonds. The number of nitrogens with one attached hydrogen (secondary N) is 2. The fourth-order valence-electron chi connectivity index (χ4n) is 4.37. The lowest BCUT2D eigenvalue weighted by Crippen LogP contribution is -2.34. The summed E-state index contributed by atoms with van der Waals surface area (Å²) in [5.41, 5.74) is 2.04. The van der Waals surface area contributed by atoms with Gasteiger partial charge in [0.2, 0.25) is 5.91 Å². The van der Waals surface area contributed by atoms with E-state index in [0.29, 0.717) is 23.7 Å². The first-order valence-electron chi connectivity index (χ1n) is 9.74. The second kappa shape index (κ2) is 6.40. The van der Waals surface area contributed by atoms with Gasteiger partial charge in [-0.05, 0) is 56.2 Å². The standard InChI is InChI=1S/C22H22N2O5/c1-12-20(25)24-17-9-13(3-5-19(17)29-12)23-21(26)16-11-22(16)7-8-28-18-6-4-14(27-2)10-15(18)22/h3-6,9-10,12,16H,7-8,11H2,1-2H3,(H,23,26)(H,24,25)/t12?,16-,22-/m1/s1. The molecule has 2 aromatic carbocycles. The first-order valence-corrected chi connectivity index (χ1v) is 9.74. The van der Waals surface area contributed by atoms with Crippen LogP contribution in [0.4, 0.5) is 11.4 Å². The molecule has 3 aliphatic rings. The van der Waals surface area contributed by atoms with E-state index in [4.69, 9.17) is 14.2 Å². The molecule has 0 aromatic heterocycles. The van der Waals surface area contributed by atoms with Crippen molar-refractivity contribution in [2.75, 3.05) is 24.4 Å². The number of hydrogen-bond donors (Lipinski definition) is 2. The fraction of sp³-hybridized carbons (Fsp3) is 0.364. The molecule has 2 aliphatic heterocycles. The molecule has 29 heavy (non-hydrogen) atoms. The summed E-state index contributed by atoms with van der Waals surface area (Å²) in [6.45, 7) is 2.30. The van der Waals surface area contributed by atoms with Crippen molar-refractivity contribution in [1.82, 2.24) is 0 Å². The Bertz CT molecular complexity index is 1020. The summed E-state index contributed by atoms with van der Waals surface area (Å²) < 4.78 is 16.7. The van der Waals surface area contributed by atoms with Crippen molar-refractivity contribution in [3.63, 3.8) is 0 Å². The number of fused-ring (bicyclic) bond motifs is 3. The molecule has 5 rings (SSSR count). The molecule has 0 saturated heterocycles. The van der Waals surface area contributed by atoms with Crippen LogP contribution in [0.15, 0.2) is 36.4 Å². The Balaban J connectivity index is 1.35. The van der Waals surface area contributed by atoms with E-state index in [1.807, 2.05) is 18.2 Å². The number of rotatable bonds is 3. The van der Waals surface area contributed by atoms with Gasteiger partial charge in [0.05, 0.1) is 19.4 Å². The van der Waals surface area contributed by atoms with Gasteiger partial charge in [0.1, 0.15) is 17.2 Å². The van der Waals surface area contributed by atoms with E-state index in [-0.39, 0.29) is 23.1 Å². The molecule has 1 aliphatic carbocycles. The van der Waals surface area contributed by atoms with E-state index in [0.717, 1.165) is 29.9 Å². The molecule has 1 fully saturated rings. The molecule has 1 spiro atoms. The number of benzene rings is 2. The van der Waals surface area contributed by atoms with Gasteiger partial charge in [-0.15, -0.1) is 0 Å². The number of anilines is 2. The third kappa shape index (κ3) is 2.88. The van der Waals surface area contributed by atoms with Crippen molar-refractivity contribution >= 4 is 23.2 Å². The molecule has 1 unspecified atom stereocenters. The molecule has 2 aromatic rings. The van der Waals surface area contributed by atoms with Crippen molar-refractivity contribution < 1.29 is 23.8 Å². The van der Waals surface area contributed by atoms with Crippen LogP contribution in [0.1, 0.15) is 25.3 Å². The van der Waals surface area contributed by atoms with Crippen molar-refractivity contribution in [2.45, 2.75) is 31.3 Å². The molecule has 150 valence electrons. The van der Waals surface area contributed by atoms with Crippen molar-refractivity contribution in [2.24, 2.45) is 5.92 Å². The summed E-state index contributed by atoms with van der Waals surface area (Å²) in [5.74, 6) is 1.84. The molecule has 7 heteroatoms. The smallest absolute Gasteiger partial charge is 0.265 e. The van der Waals surface area contributed by atoms with Crippen molar-refractivity contribution in [3.05, 3.63) is 42.0 Å². The highest BCUT2D eigenvalue weighted by Gasteiger charge is 2.61. The van der Waals surface area contributed by atoms with E-state index >= 15 is 0 Å². The van der Waals surface area contributed by atoms with Crippen molar-refractivity contribution in [1.29, 1.82) is 0 Å². The van der Waals surface area contributed by atoms with E-state index in [1.54, 1.807) is 32.2 Å². The topological polar surface area (TPSA) is 85.9 Å². The van der Waals surface area contributed by atoms with Crippen LogP contribution in [-0.2, 0) is 15.0 Å². The summed E-state index contributed by atoms with van der Waals surface area (Å²) >= 11 is 0. The average Bonchev–Trinajstić information content (AvgIpc) is 3.44. The normalized spacial score (nSPS) is 26.3. The van der Waals surface area contributed by atoms with E-state index in [1.165, 1.54) is 0 Å². The summed E-state index contributed by atoms with van der Waals surface area (Å²) in [6, 6.07) is 11.0. The van der Waals surface area contributed by atoms with Crippen molar-refractivity contribution in [3.8, 4) is 17.2 Å². The summed E-state index contributed by atoms with van der Waals surface area (Å²) in [7, 11) is 1.63. The third-order valence-electron chi connectivity index (χ3n) is 6.10. The highest BCUT2D eigenvalue weighted by atomic mass is 16.5. The van der Waals surface area contributed by atoms with Gasteiger partial charge in [-0.1, -0.05) is 0 Å². The number of carbonyl (C=O) groups excluding carboxylic acids is 2. The maximum absolute atomic E-state index is 13.0. The monoisotopic (exact) mass is 394 g/mol. The van der Waals surface area contributed by atoms with Gasteiger partial charge in [0, 0.05) is 22.6 Å². The zero-order valence-corrected chi connectivity index (χ0v) is 16.3. The number of ether oxygens (including phenoxy) is 3. The molecular weight excluding hydrogens is 372 g/mol. The Morgan fingerprint density at radius 1 is 1.24 bits per heavy atom. The van der Waals surface area contributed by atoms with Crippen LogP contribution in [-0.4, -0.2) is 31.6 Å². The van der Waals surface area contributed by atoms with Crippen LogP contribution in [0.3, 0.4) is 0 Å². The Hall–Kier alpha value is -3.22. The molecule has 7 nitrogen and oxygen atoms in total. The fourth-order valence-corrected chi connectivity index (χ4v) is 4.37. The maximum atomic E-state index is 13.0. The quantitative estimate of drug-likeness (QED) is 0.836. The van der Waals surface area contributed by atoms with Gasteiger partial charge in [-0.2, -0.15) is 0 Å². The zero-order valence-electron chi connectivity index (χ0n) is 16.3. The molecule has 0 radical (unpaired) electrons. The van der Waals surface area contributed by atoms with Gasteiger partial charge >= 0.3 is 0 Å². The Labute approximate surface area is 168 Å². The van der Waals surface area contributed by atoms with Crippen LogP contribution in [0.5, 0.6) is 17.2 Å². The van der Waals surface area contributed by atoms with Crippen LogP contribution in [0.25, 0.3) is 0 Å². The second-order valence-electron chi connectivity index (χ2n) is 7.82. The van der Waals surface area contributed by atoms with Crippen LogP contribution >= 0.6 is 0 Å². The third-order valence-corrected chi connectivity index (χ3v) is 6.10. The van der Waals surface area contributed by atoms with Crippen LogP contribution in [0, 0.1) is 5.92 Å². The summed E-state index contributed by atoms with van der Waals surface area (Å²) in [5, 5.41) is 5.80. The number of hydrogen-bond acceptors (Lipinski definition) is 5. The van der Waals surface area contributed by atoms with Gasteiger partial charge < -0.3 is 24.8 Å². The Morgan fingerprint density at radius 2 is 2.07 bits per heavy atom. The van der Waals surface area contributed by atoms with Gasteiger partial charge in [0.15, 0.2) is 6.10 Å². The molecule has 0 bridgehead atoms. The second-order valence-corrected chi connectivity index (χ2v) is 7.82. The number of carbonyl (C=O) groups is 2. The summed E-state index contributed by atoms with van der Waals surface area (Å²) in [4.78, 5) is 24.8. The van der Waals surface area contributed by atoms with Gasteiger partial charge in [0.25, 0.3) is 5.91 Å². The predicted octanol–water partition coefficient (Wildman–Crippen LogP) is 3.09. The van der Waals surface area contributed by atoms with E-state index in [9.17, 15) is 9.59 Å². The SMILES string of the molecule is COc1ccc2c(c1)[C@@]1(CCO2)C[C@@H]1C(=O)Nc1ccc2c(c1)NC(=O)C(C)O2. The Morgan fingerprint density at radius 3 is 2.90 bits per heavy atom. The average molecular weight is 394 g/mol. The maximum Gasteiger partial charge on any atom is 0.265 e. The molecule has 2 heterocycles. The minimum Gasteiger partial charge on any atom is -0.497 e. The minimum absolute atomic E-state index is 0.0305. The first kappa shape index (κ1) is 17.8. The number of methoxy groups -OCH3 is 1. The first-order chi connectivity index (χ1) is 14.0. The lowest BCUT2D eigenvalue weighted by molar-refractivity contribution is -0.122. The highest BCUT2D eigenvalue weighted by Crippen LogP contribution is 2.61. The molecule has 1 saturated carbocycles. The lowest BCUT2D eigenvalue weighted by atomic mass is 9.87. The van der Waals surface area contributed by atoms with E-state index in [2.05, 4.69) is 10.6 Å². The summed E-state index contributed by atoms with van der Waals surface area (Å²) in [6.07, 6.45) is 1.06. The Kier molecular flexibility index (Phi) is 3.94. The molecule has 3 atom stereocenters. The predicted molar refractivity (Wildman–Crippen MR) is 107 cm³/mol.